The Bertz CT molecular complexity index is 570. The molecule has 120 valence electrons. The van der Waals surface area contributed by atoms with Crippen LogP contribution in [0, 0.1) is 12.8 Å². The lowest BCUT2D eigenvalue weighted by Crippen LogP contribution is -2.19. The molecule has 0 aromatic heterocycles. The highest BCUT2D eigenvalue weighted by Gasteiger charge is 2.35. The van der Waals surface area contributed by atoms with E-state index in [9.17, 15) is 13.2 Å². The fourth-order valence-corrected chi connectivity index (χ4v) is 2.44. The van der Waals surface area contributed by atoms with Gasteiger partial charge in [-0.05, 0) is 50.2 Å². The molecule has 0 saturated heterocycles. The highest BCUT2D eigenvalue weighted by molar-refractivity contribution is 5.62. The van der Waals surface area contributed by atoms with Crippen LogP contribution >= 0.6 is 0 Å². The zero-order valence-corrected chi connectivity index (χ0v) is 12.5. The zero-order valence-electron chi connectivity index (χ0n) is 12.5. The van der Waals surface area contributed by atoms with Crippen LogP contribution in [0.2, 0.25) is 0 Å². The van der Waals surface area contributed by atoms with E-state index in [0.717, 1.165) is 31.2 Å². The van der Waals surface area contributed by atoms with Gasteiger partial charge in [-0.2, -0.15) is 0 Å². The summed E-state index contributed by atoms with van der Waals surface area (Å²) >= 11 is 0. The lowest BCUT2D eigenvalue weighted by atomic mass is 9.85. The average molecular weight is 312 g/mol. The molecule has 2 saturated carbocycles. The SMILES string of the molecule is Cc1c(/C=C/C2CCC2)ccc(OC2CC2)c1OC(F)(F)F. The number of benzene rings is 1. The lowest BCUT2D eigenvalue weighted by molar-refractivity contribution is -0.275. The van der Waals surface area contributed by atoms with Gasteiger partial charge in [0.2, 0.25) is 0 Å². The Morgan fingerprint density at radius 2 is 1.86 bits per heavy atom. The van der Waals surface area contributed by atoms with Crippen molar-refractivity contribution in [1.29, 1.82) is 0 Å². The molecule has 22 heavy (non-hydrogen) atoms. The highest BCUT2D eigenvalue weighted by atomic mass is 19.4. The van der Waals surface area contributed by atoms with E-state index >= 15 is 0 Å². The first-order valence-electron chi connectivity index (χ1n) is 7.66. The summed E-state index contributed by atoms with van der Waals surface area (Å²) in [6, 6.07) is 3.37. The number of allylic oxidation sites excluding steroid dienone is 1. The number of alkyl halides is 3. The van der Waals surface area contributed by atoms with E-state index in [1.54, 1.807) is 19.1 Å². The van der Waals surface area contributed by atoms with Crippen LogP contribution in [-0.4, -0.2) is 12.5 Å². The Morgan fingerprint density at radius 1 is 1.14 bits per heavy atom. The summed E-state index contributed by atoms with van der Waals surface area (Å²) < 4.78 is 47.8. The second-order valence-corrected chi connectivity index (χ2v) is 6.02. The molecule has 0 bridgehead atoms. The fraction of sp³-hybridized carbons (Fsp3) is 0.529. The fourth-order valence-electron chi connectivity index (χ4n) is 2.44. The molecule has 0 amide bonds. The van der Waals surface area contributed by atoms with Crippen molar-refractivity contribution in [2.75, 3.05) is 0 Å². The maximum atomic E-state index is 12.7. The third kappa shape index (κ3) is 3.76. The van der Waals surface area contributed by atoms with E-state index in [4.69, 9.17) is 4.74 Å². The summed E-state index contributed by atoms with van der Waals surface area (Å²) in [4.78, 5) is 0. The molecule has 0 spiro atoms. The van der Waals surface area contributed by atoms with Crippen LogP contribution in [-0.2, 0) is 0 Å². The minimum atomic E-state index is -4.72. The van der Waals surface area contributed by atoms with Gasteiger partial charge in [0.1, 0.15) is 0 Å². The summed E-state index contributed by atoms with van der Waals surface area (Å²) in [6.45, 7) is 1.64. The number of rotatable bonds is 5. The molecule has 2 aliphatic carbocycles. The minimum Gasteiger partial charge on any atom is -0.487 e. The van der Waals surface area contributed by atoms with Crippen molar-refractivity contribution < 1.29 is 22.6 Å². The standard InChI is InChI=1S/C17H19F3O2/c1-11-13(6-5-12-3-2-4-12)7-10-15(21-14-8-9-14)16(11)22-17(18,19)20/h5-7,10,12,14H,2-4,8-9H2,1H3/b6-5+. The third-order valence-corrected chi connectivity index (χ3v) is 4.15. The zero-order chi connectivity index (χ0) is 15.7. The van der Waals surface area contributed by atoms with Crippen LogP contribution in [0.15, 0.2) is 18.2 Å². The maximum Gasteiger partial charge on any atom is 0.573 e. The van der Waals surface area contributed by atoms with Gasteiger partial charge < -0.3 is 9.47 Å². The first-order chi connectivity index (χ1) is 10.4. The van der Waals surface area contributed by atoms with Crippen LogP contribution in [0.1, 0.15) is 43.2 Å². The van der Waals surface area contributed by atoms with Crippen molar-refractivity contribution in [2.24, 2.45) is 5.92 Å². The largest absolute Gasteiger partial charge is 0.573 e. The molecule has 5 heteroatoms. The maximum absolute atomic E-state index is 12.7. The van der Waals surface area contributed by atoms with E-state index in [2.05, 4.69) is 10.8 Å². The van der Waals surface area contributed by atoms with Gasteiger partial charge >= 0.3 is 6.36 Å². The average Bonchev–Trinajstić information content (AvgIpc) is 3.17. The van der Waals surface area contributed by atoms with Crippen molar-refractivity contribution in [3.05, 3.63) is 29.3 Å². The third-order valence-electron chi connectivity index (χ3n) is 4.15. The van der Waals surface area contributed by atoms with Gasteiger partial charge in [-0.1, -0.05) is 24.6 Å². The molecule has 1 aromatic rings. The number of ether oxygens (including phenoxy) is 2. The van der Waals surface area contributed by atoms with Crippen LogP contribution in [0.5, 0.6) is 11.5 Å². The van der Waals surface area contributed by atoms with Crippen molar-refractivity contribution in [3.8, 4) is 11.5 Å². The van der Waals surface area contributed by atoms with E-state index in [-0.39, 0.29) is 17.6 Å². The second kappa shape index (κ2) is 5.86. The Kier molecular flexibility index (Phi) is 4.06. The Hall–Kier alpha value is -1.65. The normalized spacial score (nSPS) is 19.3. The number of hydrogen-bond donors (Lipinski definition) is 0. The molecule has 2 aliphatic rings. The number of hydrogen-bond acceptors (Lipinski definition) is 2. The summed E-state index contributed by atoms with van der Waals surface area (Å²) in [7, 11) is 0. The predicted octanol–water partition coefficient (Wildman–Crippen LogP) is 5.25. The Morgan fingerprint density at radius 3 is 2.41 bits per heavy atom. The molecule has 0 aliphatic heterocycles. The second-order valence-electron chi connectivity index (χ2n) is 6.02. The van der Waals surface area contributed by atoms with Crippen molar-refractivity contribution in [2.45, 2.75) is 51.5 Å². The molecule has 0 heterocycles. The molecular formula is C17H19F3O2. The highest BCUT2D eigenvalue weighted by Crippen LogP contribution is 2.40. The topological polar surface area (TPSA) is 18.5 Å². The molecule has 2 nitrogen and oxygen atoms in total. The predicted molar refractivity (Wildman–Crippen MR) is 77.9 cm³/mol. The van der Waals surface area contributed by atoms with Crippen molar-refractivity contribution in [3.63, 3.8) is 0 Å². The molecule has 0 unspecified atom stereocenters. The van der Waals surface area contributed by atoms with Gasteiger partial charge in [-0.25, -0.2) is 0 Å². The first-order valence-corrected chi connectivity index (χ1v) is 7.66. The molecule has 0 radical (unpaired) electrons. The van der Waals surface area contributed by atoms with E-state index < -0.39 is 6.36 Å². The summed E-state index contributed by atoms with van der Waals surface area (Å²) in [5, 5.41) is 0. The van der Waals surface area contributed by atoms with Crippen LogP contribution in [0.3, 0.4) is 0 Å². The van der Waals surface area contributed by atoms with E-state index in [1.165, 1.54) is 6.42 Å². The molecule has 0 N–H and O–H groups in total. The van der Waals surface area contributed by atoms with Gasteiger partial charge in [-0.3, -0.25) is 0 Å². The van der Waals surface area contributed by atoms with Crippen molar-refractivity contribution >= 4 is 6.08 Å². The lowest BCUT2D eigenvalue weighted by Gasteiger charge is -2.22. The van der Waals surface area contributed by atoms with E-state index in [0.29, 0.717) is 11.5 Å². The molecule has 2 fully saturated rings. The van der Waals surface area contributed by atoms with Crippen LogP contribution in [0.25, 0.3) is 6.08 Å². The van der Waals surface area contributed by atoms with Gasteiger partial charge in [0, 0.05) is 5.56 Å². The monoisotopic (exact) mass is 312 g/mol. The molecule has 1 aromatic carbocycles. The van der Waals surface area contributed by atoms with Gasteiger partial charge in [-0.15, -0.1) is 13.2 Å². The smallest absolute Gasteiger partial charge is 0.487 e. The first kappa shape index (κ1) is 15.3. The number of halogens is 3. The van der Waals surface area contributed by atoms with Gasteiger partial charge in [0.05, 0.1) is 6.10 Å². The van der Waals surface area contributed by atoms with E-state index in [1.807, 2.05) is 6.08 Å². The van der Waals surface area contributed by atoms with Crippen LogP contribution < -0.4 is 9.47 Å². The van der Waals surface area contributed by atoms with Crippen molar-refractivity contribution in [1.82, 2.24) is 0 Å². The minimum absolute atomic E-state index is 0.0198. The molecular weight excluding hydrogens is 293 g/mol. The Balaban J connectivity index is 1.87. The van der Waals surface area contributed by atoms with Crippen LogP contribution in [0.4, 0.5) is 13.2 Å². The quantitative estimate of drug-likeness (QED) is 0.739. The summed E-state index contributed by atoms with van der Waals surface area (Å²) in [6.07, 6.45) is 4.57. The molecule has 0 atom stereocenters. The summed E-state index contributed by atoms with van der Waals surface area (Å²) in [5.74, 6) is 0.516. The summed E-state index contributed by atoms with van der Waals surface area (Å²) in [5.41, 5.74) is 1.21. The molecule has 3 rings (SSSR count). The Labute approximate surface area is 127 Å². The van der Waals surface area contributed by atoms with Gasteiger partial charge in [0.25, 0.3) is 0 Å². The van der Waals surface area contributed by atoms with Gasteiger partial charge in [0.15, 0.2) is 11.5 Å².